The lowest BCUT2D eigenvalue weighted by Gasteiger charge is -2.20. The number of halogens is 4. The summed E-state index contributed by atoms with van der Waals surface area (Å²) >= 11 is 24.4. The Morgan fingerprint density at radius 1 is 0.842 bits per heavy atom. The molecular weight excluding hydrogens is 572 g/mol. The van der Waals surface area contributed by atoms with Crippen LogP contribution in [-0.4, -0.2) is 40.5 Å². The van der Waals surface area contributed by atoms with Gasteiger partial charge in [0.2, 0.25) is 5.75 Å². The van der Waals surface area contributed by atoms with Crippen molar-refractivity contribution in [3.63, 3.8) is 0 Å². The Hall–Kier alpha value is -2.55. The minimum Gasteiger partial charge on any atom is -0.493 e. The molecule has 0 aromatic heterocycles. The lowest BCUT2D eigenvalue weighted by atomic mass is 9.95. The molecule has 1 atom stereocenters. The van der Waals surface area contributed by atoms with Gasteiger partial charge in [-0.15, -0.1) is 0 Å². The van der Waals surface area contributed by atoms with E-state index in [2.05, 4.69) is 16.0 Å². The normalized spacial score (nSPS) is 11.6. The number of ether oxygens (including phenoxy) is 3. The predicted molar refractivity (Wildman–Crippen MR) is 155 cm³/mol. The first-order valence-electron chi connectivity index (χ1n) is 11.7. The van der Waals surface area contributed by atoms with Crippen LogP contribution in [0.3, 0.4) is 0 Å². The second-order valence-corrected chi connectivity index (χ2v) is 10.0. The summed E-state index contributed by atoms with van der Waals surface area (Å²) in [6.45, 7) is 1.60. The molecule has 0 fully saturated rings. The number of benzene rings is 3. The van der Waals surface area contributed by atoms with Gasteiger partial charge in [0.1, 0.15) is 0 Å². The summed E-state index contributed by atoms with van der Waals surface area (Å²) in [5, 5.41) is 10.9. The van der Waals surface area contributed by atoms with E-state index in [1.165, 1.54) is 0 Å². The van der Waals surface area contributed by atoms with E-state index >= 15 is 0 Å². The largest absolute Gasteiger partial charge is 0.493 e. The van der Waals surface area contributed by atoms with Crippen LogP contribution in [0.1, 0.15) is 23.5 Å². The zero-order valence-corrected chi connectivity index (χ0v) is 24.2. The highest BCUT2D eigenvalue weighted by molar-refractivity contribution is 6.42. The molecule has 11 heteroatoms. The van der Waals surface area contributed by atoms with E-state index in [1.807, 2.05) is 24.3 Å². The second kappa shape index (κ2) is 14.6. The van der Waals surface area contributed by atoms with Crippen LogP contribution in [0.4, 0.5) is 10.5 Å². The van der Waals surface area contributed by atoms with Gasteiger partial charge in [-0.2, -0.15) is 0 Å². The molecule has 0 bridgehead atoms. The molecule has 0 saturated carbocycles. The fraction of sp³-hybridized carbons (Fsp3) is 0.296. The summed E-state index contributed by atoms with van der Waals surface area (Å²) in [5.74, 6) is 1.69. The SMILES string of the molecule is COc1cc(CNCCC(CNC(=O)Nc2cc(Cl)cc(Cl)c2)c2ccc(Cl)c(Cl)c2)cc(OC)c1OC. The monoisotopic (exact) mass is 599 g/mol. The van der Waals surface area contributed by atoms with Crippen molar-refractivity contribution in [3.8, 4) is 17.2 Å². The summed E-state index contributed by atoms with van der Waals surface area (Å²) in [5.41, 5.74) is 2.43. The van der Waals surface area contributed by atoms with E-state index in [4.69, 9.17) is 60.6 Å². The van der Waals surface area contributed by atoms with Gasteiger partial charge >= 0.3 is 6.03 Å². The molecular formula is C27H29Cl4N3O4. The summed E-state index contributed by atoms with van der Waals surface area (Å²) < 4.78 is 16.3. The number of urea groups is 1. The fourth-order valence-corrected chi connectivity index (χ4v) is 4.75. The van der Waals surface area contributed by atoms with E-state index in [9.17, 15) is 4.79 Å². The van der Waals surface area contributed by atoms with Crippen LogP contribution >= 0.6 is 46.4 Å². The van der Waals surface area contributed by atoms with Gasteiger partial charge in [0.25, 0.3) is 0 Å². The molecule has 0 saturated heterocycles. The molecule has 0 radical (unpaired) electrons. The maximum Gasteiger partial charge on any atom is 0.319 e. The number of carbonyl (C=O) groups excluding carboxylic acids is 1. The number of carbonyl (C=O) groups is 1. The first-order valence-corrected chi connectivity index (χ1v) is 13.2. The van der Waals surface area contributed by atoms with Gasteiger partial charge in [-0.3, -0.25) is 0 Å². The van der Waals surface area contributed by atoms with E-state index in [-0.39, 0.29) is 11.9 Å². The first-order chi connectivity index (χ1) is 18.2. The van der Waals surface area contributed by atoms with Crippen molar-refractivity contribution in [2.75, 3.05) is 39.7 Å². The molecule has 204 valence electrons. The Bertz CT molecular complexity index is 1210. The number of nitrogens with one attached hydrogen (secondary N) is 3. The lowest BCUT2D eigenvalue weighted by molar-refractivity contribution is 0.251. The minimum absolute atomic E-state index is 0.0362. The molecule has 0 aliphatic rings. The standard InChI is InChI=1S/C27H29Cl4N3O4/c1-36-24-8-16(9-25(37-2)26(24)38-3)14-32-7-6-18(17-4-5-22(30)23(31)10-17)15-33-27(35)34-21-12-19(28)11-20(29)13-21/h4-5,8-13,18,32H,6-7,14-15H2,1-3H3,(H2,33,34,35). The Morgan fingerprint density at radius 3 is 2.08 bits per heavy atom. The number of rotatable bonds is 12. The molecule has 3 N–H and O–H groups in total. The molecule has 1 unspecified atom stereocenters. The molecule has 3 rings (SSSR count). The quantitative estimate of drug-likeness (QED) is 0.189. The van der Waals surface area contributed by atoms with E-state index in [0.717, 1.165) is 11.1 Å². The van der Waals surface area contributed by atoms with Crippen molar-refractivity contribution in [3.05, 3.63) is 79.7 Å². The third kappa shape index (κ3) is 8.48. The summed E-state index contributed by atoms with van der Waals surface area (Å²) in [7, 11) is 4.74. The minimum atomic E-state index is -0.376. The van der Waals surface area contributed by atoms with Crippen LogP contribution in [0.25, 0.3) is 0 Å². The van der Waals surface area contributed by atoms with Crippen LogP contribution in [0.2, 0.25) is 20.1 Å². The lowest BCUT2D eigenvalue weighted by Crippen LogP contribution is -2.33. The summed E-state index contributed by atoms with van der Waals surface area (Å²) in [6, 6.07) is 13.8. The average molecular weight is 601 g/mol. The maximum absolute atomic E-state index is 12.6. The van der Waals surface area contributed by atoms with Crippen LogP contribution in [0.15, 0.2) is 48.5 Å². The summed E-state index contributed by atoms with van der Waals surface area (Å²) in [4.78, 5) is 12.6. The molecule has 0 spiro atoms. The Morgan fingerprint density at radius 2 is 1.50 bits per heavy atom. The Labute approximate surface area is 242 Å². The predicted octanol–water partition coefficient (Wildman–Crippen LogP) is 7.41. The van der Waals surface area contributed by atoms with Crippen LogP contribution in [0.5, 0.6) is 17.2 Å². The smallest absolute Gasteiger partial charge is 0.319 e. The average Bonchev–Trinajstić information content (AvgIpc) is 2.88. The van der Waals surface area contributed by atoms with Gasteiger partial charge in [0.05, 0.1) is 31.4 Å². The van der Waals surface area contributed by atoms with Gasteiger partial charge in [-0.05, 0) is 66.6 Å². The first kappa shape index (κ1) is 30.0. The van der Waals surface area contributed by atoms with Crippen LogP contribution in [-0.2, 0) is 6.54 Å². The summed E-state index contributed by atoms with van der Waals surface area (Å²) in [6.07, 6.45) is 0.714. The van der Waals surface area contributed by atoms with Crippen molar-refractivity contribution < 1.29 is 19.0 Å². The highest BCUT2D eigenvalue weighted by Crippen LogP contribution is 2.38. The van der Waals surface area contributed by atoms with Crippen LogP contribution < -0.4 is 30.2 Å². The molecule has 38 heavy (non-hydrogen) atoms. The molecule has 3 aromatic carbocycles. The maximum atomic E-state index is 12.6. The van der Waals surface area contributed by atoms with Crippen molar-refractivity contribution in [2.45, 2.75) is 18.9 Å². The van der Waals surface area contributed by atoms with Gasteiger partial charge in [0.15, 0.2) is 11.5 Å². The highest BCUT2D eigenvalue weighted by Gasteiger charge is 2.16. The van der Waals surface area contributed by atoms with Gasteiger partial charge in [0, 0.05) is 34.7 Å². The molecule has 7 nitrogen and oxygen atoms in total. The van der Waals surface area contributed by atoms with Crippen molar-refractivity contribution in [1.29, 1.82) is 0 Å². The van der Waals surface area contributed by atoms with E-state index < -0.39 is 0 Å². The molecule has 3 aromatic rings. The van der Waals surface area contributed by atoms with Crippen molar-refractivity contribution in [2.24, 2.45) is 0 Å². The van der Waals surface area contributed by atoms with E-state index in [1.54, 1.807) is 45.6 Å². The zero-order valence-electron chi connectivity index (χ0n) is 21.2. The molecule has 0 aliphatic heterocycles. The topological polar surface area (TPSA) is 80.9 Å². The van der Waals surface area contributed by atoms with E-state index in [0.29, 0.717) is 69.1 Å². The van der Waals surface area contributed by atoms with Gasteiger partial charge < -0.3 is 30.2 Å². The number of amides is 2. The number of hydrogen-bond acceptors (Lipinski definition) is 5. The van der Waals surface area contributed by atoms with Gasteiger partial charge in [-0.25, -0.2) is 4.79 Å². The second-order valence-electron chi connectivity index (χ2n) is 8.36. The highest BCUT2D eigenvalue weighted by atomic mass is 35.5. The van der Waals surface area contributed by atoms with Crippen molar-refractivity contribution in [1.82, 2.24) is 10.6 Å². The van der Waals surface area contributed by atoms with Gasteiger partial charge in [-0.1, -0.05) is 52.5 Å². The Kier molecular flexibility index (Phi) is 11.5. The number of hydrogen-bond donors (Lipinski definition) is 3. The third-order valence-electron chi connectivity index (χ3n) is 5.77. The molecule has 0 aliphatic carbocycles. The third-order valence-corrected chi connectivity index (χ3v) is 6.94. The van der Waals surface area contributed by atoms with Crippen LogP contribution in [0, 0.1) is 0 Å². The zero-order chi connectivity index (χ0) is 27.7. The Balaban J connectivity index is 1.64. The molecule has 2 amide bonds. The fourth-order valence-electron chi connectivity index (χ4n) is 3.92. The molecule has 0 heterocycles. The van der Waals surface area contributed by atoms with Crippen molar-refractivity contribution >= 4 is 58.1 Å². The number of anilines is 1. The number of methoxy groups -OCH3 is 3.